The number of pyridine rings is 1. The Hall–Kier alpha value is -2.51. The average molecular weight is 518 g/mol. The molecule has 2 heterocycles. The molecule has 3 aromatic rings. The normalized spacial score (nSPS) is 19.4. The van der Waals surface area contributed by atoms with Crippen molar-refractivity contribution >= 4 is 52.2 Å². The maximum Gasteiger partial charge on any atom is 0.323 e. The largest absolute Gasteiger partial charge is 0.506 e. The van der Waals surface area contributed by atoms with Gasteiger partial charge in [-0.25, -0.2) is 9.78 Å². The number of hydrogen-bond acceptors (Lipinski definition) is 4. The molecule has 0 spiro atoms. The number of aromatic hydroxyl groups is 1. The number of rotatable bonds is 2. The quantitative estimate of drug-likeness (QED) is 0.347. The second-order valence-electron chi connectivity index (χ2n) is 8.77. The molecule has 3 N–H and O–H groups in total. The Morgan fingerprint density at radius 2 is 1.82 bits per heavy atom. The number of nitrogens with one attached hydrogen (secondary N) is 2. The number of carbonyl (C=O) groups is 1. The molecule has 2 amide bonds. The Kier molecular flexibility index (Phi) is 6.34. The second-order valence-corrected chi connectivity index (χ2v) is 9.95. The van der Waals surface area contributed by atoms with Crippen LogP contribution < -0.4 is 10.6 Å². The number of amides is 2. The minimum atomic E-state index is -0.392. The van der Waals surface area contributed by atoms with Crippen molar-refractivity contribution in [2.75, 3.05) is 24.2 Å². The Morgan fingerprint density at radius 3 is 2.59 bits per heavy atom. The van der Waals surface area contributed by atoms with Crippen LogP contribution >= 0.6 is 34.8 Å². The van der Waals surface area contributed by atoms with E-state index in [9.17, 15) is 9.90 Å². The molecule has 0 saturated heterocycles. The van der Waals surface area contributed by atoms with Crippen LogP contribution in [0.15, 0.2) is 42.5 Å². The van der Waals surface area contributed by atoms with Crippen LogP contribution in [0.5, 0.6) is 5.75 Å². The van der Waals surface area contributed by atoms with Gasteiger partial charge in [0.05, 0.1) is 5.02 Å². The van der Waals surface area contributed by atoms with E-state index in [0.717, 1.165) is 53.7 Å². The lowest BCUT2D eigenvalue weighted by atomic mass is 9.74. The number of fused-ring (bicyclic) bond motifs is 5. The lowest BCUT2D eigenvalue weighted by Crippen LogP contribution is -2.40. The van der Waals surface area contributed by atoms with Crippen LogP contribution in [0.1, 0.15) is 34.6 Å². The number of urea groups is 1. The summed E-state index contributed by atoms with van der Waals surface area (Å²) in [6, 6.07) is 12.7. The van der Waals surface area contributed by atoms with Gasteiger partial charge in [-0.1, -0.05) is 46.9 Å². The first-order valence-electron chi connectivity index (χ1n) is 11.0. The summed E-state index contributed by atoms with van der Waals surface area (Å²) in [5.74, 6) is 0.163. The zero-order valence-electron chi connectivity index (χ0n) is 18.4. The van der Waals surface area contributed by atoms with E-state index in [0.29, 0.717) is 16.8 Å². The number of likely N-dealkylation sites (N-methyl/N-ethyl adjacent to an activating group) is 1. The highest BCUT2D eigenvalue weighted by Crippen LogP contribution is 2.46. The summed E-state index contributed by atoms with van der Waals surface area (Å²) in [5, 5.41) is 16.9. The number of phenols is 1. The van der Waals surface area contributed by atoms with Crippen molar-refractivity contribution in [1.29, 1.82) is 0 Å². The lowest BCUT2D eigenvalue weighted by Gasteiger charge is -2.39. The van der Waals surface area contributed by atoms with Crippen LogP contribution in [0.25, 0.3) is 0 Å². The maximum absolute atomic E-state index is 12.8. The fourth-order valence-corrected chi connectivity index (χ4v) is 5.86. The van der Waals surface area contributed by atoms with E-state index < -0.39 is 6.03 Å². The highest BCUT2D eigenvalue weighted by Gasteiger charge is 2.37. The van der Waals surface area contributed by atoms with Gasteiger partial charge in [-0.05, 0) is 78.9 Å². The van der Waals surface area contributed by atoms with E-state index >= 15 is 0 Å². The zero-order chi connectivity index (χ0) is 24.0. The first-order chi connectivity index (χ1) is 16.3. The highest BCUT2D eigenvalue weighted by molar-refractivity contribution is 6.33. The summed E-state index contributed by atoms with van der Waals surface area (Å²) in [7, 11) is 2.15. The van der Waals surface area contributed by atoms with E-state index in [1.807, 2.05) is 24.3 Å². The van der Waals surface area contributed by atoms with E-state index in [4.69, 9.17) is 34.8 Å². The molecule has 9 heteroatoms. The van der Waals surface area contributed by atoms with Gasteiger partial charge in [-0.15, -0.1) is 0 Å². The summed E-state index contributed by atoms with van der Waals surface area (Å²) in [5.41, 5.74) is 5.71. The predicted molar refractivity (Wildman–Crippen MR) is 137 cm³/mol. The van der Waals surface area contributed by atoms with Crippen molar-refractivity contribution in [2.45, 2.75) is 31.2 Å². The number of carbonyl (C=O) groups excluding carboxylic acids is 1. The second kappa shape index (κ2) is 9.27. The number of phenolic OH excluding ortho intramolecular Hbond substituents is 1. The van der Waals surface area contributed by atoms with Gasteiger partial charge < -0.3 is 20.6 Å². The van der Waals surface area contributed by atoms with Gasteiger partial charge in [0, 0.05) is 29.9 Å². The summed E-state index contributed by atoms with van der Waals surface area (Å²) >= 11 is 18.1. The molecule has 5 rings (SSSR count). The fourth-order valence-electron chi connectivity index (χ4n) is 5.22. The number of nitrogens with zero attached hydrogens (tertiary/aromatic N) is 2. The summed E-state index contributed by atoms with van der Waals surface area (Å²) < 4.78 is 0. The summed E-state index contributed by atoms with van der Waals surface area (Å²) in [6.07, 6.45) is 2.64. The molecular formula is C25H23Cl3N4O2. The number of hydrogen-bond donors (Lipinski definition) is 3. The van der Waals surface area contributed by atoms with Gasteiger partial charge in [0.2, 0.25) is 0 Å². The van der Waals surface area contributed by atoms with Gasteiger partial charge in [-0.2, -0.15) is 0 Å². The number of benzene rings is 2. The van der Waals surface area contributed by atoms with Crippen molar-refractivity contribution < 1.29 is 9.90 Å². The number of anilines is 2. The van der Waals surface area contributed by atoms with E-state index in [2.05, 4.69) is 33.6 Å². The summed E-state index contributed by atoms with van der Waals surface area (Å²) in [6.45, 7) is 0.919. The fraction of sp³-hybridized carbons (Fsp3) is 0.280. The molecule has 0 saturated carbocycles. The molecule has 0 bridgehead atoms. The van der Waals surface area contributed by atoms with Gasteiger partial charge in [0.15, 0.2) is 0 Å². The molecule has 1 aliphatic carbocycles. The van der Waals surface area contributed by atoms with E-state index in [1.165, 1.54) is 12.1 Å². The van der Waals surface area contributed by atoms with Gasteiger partial charge >= 0.3 is 6.03 Å². The molecule has 0 radical (unpaired) electrons. The first-order valence-corrected chi connectivity index (χ1v) is 12.2. The van der Waals surface area contributed by atoms with Crippen molar-refractivity contribution in [1.82, 2.24) is 9.88 Å². The van der Waals surface area contributed by atoms with Crippen LogP contribution in [0.3, 0.4) is 0 Å². The van der Waals surface area contributed by atoms with Crippen LogP contribution in [-0.4, -0.2) is 40.7 Å². The summed E-state index contributed by atoms with van der Waals surface area (Å²) in [4.78, 5) is 19.1. The van der Waals surface area contributed by atoms with Crippen molar-refractivity contribution in [3.8, 4) is 5.75 Å². The number of aromatic nitrogens is 1. The molecule has 2 atom stereocenters. The van der Waals surface area contributed by atoms with Crippen LogP contribution in [0, 0.1) is 0 Å². The minimum Gasteiger partial charge on any atom is -0.506 e. The van der Waals surface area contributed by atoms with E-state index in [1.54, 1.807) is 0 Å². The van der Waals surface area contributed by atoms with Gasteiger partial charge in [0.1, 0.15) is 16.1 Å². The molecule has 1 aliphatic heterocycles. The number of halogens is 3. The topological polar surface area (TPSA) is 77.5 Å². The third kappa shape index (κ3) is 4.43. The molecule has 2 unspecified atom stereocenters. The first kappa shape index (κ1) is 23.2. The van der Waals surface area contributed by atoms with E-state index in [-0.39, 0.29) is 22.0 Å². The standard InChI is InChI=1S/C25H23Cl3N4O2/c1-32-8-7-13-9-18(26)21(33)12-17(13)24-16-3-2-4-19(15(16)5-6-20(24)32)30-25(34)29-14-10-22(27)31-23(28)11-14/h2-4,9-12,20,24,33H,5-8H2,1H3,(H2,29,30,31,34). The van der Waals surface area contributed by atoms with Gasteiger partial charge in [0.25, 0.3) is 0 Å². The molecule has 176 valence electrons. The van der Waals surface area contributed by atoms with Crippen molar-refractivity contribution in [3.05, 3.63) is 80.0 Å². The molecule has 1 aromatic heterocycles. The molecule has 0 fully saturated rings. The Morgan fingerprint density at radius 1 is 1.06 bits per heavy atom. The molecule has 2 aromatic carbocycles. The Balaban J connectivity index is 1.49. The van der Waals surface area contributed by atoms with Crippen LogP contribution in [0.4, 0.5) is 16.2 Å². The smallest absolute Gasteiger partial charge is 0.323 e. The Bertz CT molecular complexity index is 1260. The van der Waals surface area contributed by atoms with Crippen LogP contribution in [-0.2, 0) is 12.8 Å². The third-order valence-corrected chi connectivity index (χ3v) is 7.42. The minimum absolute atomic E-state index is 0.0667. The SMILES string of the molecule is CN1CCc2cc(Cl)c(O)cc2C2c3cccc(NC(=O)Nc4cc(Cl)nc(Cl)c4)c3CCC21. The van der Waals surface area contributed by atoms with Gasteiger partial charge in [-0.3, -0.25) is 0 Å². The lowest BCUT2D eigenvalue weighted by molar-refractivity contribution is 0.214. The zero-order valence-corrected chi connectivity index (χ0v) is 20.7. The average Bonchev–Trinajstić information content (AvgIpc) is 2.90. The van der Waals surface area contributed by atoms with Crippen molar-refractivity contribution in [3.63, 3.8) is 0 Å². The molecule has 6 nitrogen and oxygen atoms in total. The maximum atomic E-state index is 12.8. The molecule has 34 heavy (non-hydrogen) atoms. The highest BCUT2D eigenvalue weighted by atomic mass is 35.5. The molecule has 2 aliphatic rings. The monoisotopic (exact) mass is 516 g/mol. The van der Waals surface area contributed by atoms with Crippen LogP contribution in [0.2, 0.25) is 15.3 Å². The predicted octanol–water partition coefficient (Wildman–Crippen LogP) is 6.33. The van der Waals surface area contributed by atoms with Crippen molar-refractivity contribution in [2.24, 2.45) is 0 Å². The third-order valence-electron chi connectivity index (χ3n) is 6.73. The molecular weight excluding hydrogens is 495 g/mol. The Labute approximate surface area is 212 Å².